The van der Waals surface area contributed by atoms with E-state index in [0.717, 1.165) is 51.4 Å². The van der Waals surface area contributed by atoms with E-state index in [1.807, 2.05) is 0 Å². The molecule has 4 nitrogen and oxygen atoms in total. The second kappa shape index (κ2) is 7.25. The van der Waals surface area contributed by atoms with Gasteiger partial charge in [0.1, 0.15) is 0 Å². The molecule has 2 fully saturated rings. The highest BCUT2D eigenvalue weighted by atomic mass is 16.3. The molecule has 19 heavy (non-hydrogen) atoms. The van der Waals surface area contributed by atoms with Crippen LogP contribution in [-0.2, 0) is 4.79 Å². The number of rotatable bonds is 3. The quantitative estimate of drug-likeness (QED) is 0.680. The molecule has 0 heterocycles. The van der Waals surface area contributed by atoms with Crippen molar-refractivity contribution in [3.05, 3.63) is 0 Å². The maximum absolute atomic E-state index is 12.4. The van der Waals surface area contributed by atoms with E-state index >= 15 is 0 Å². The Balaban J connectivity index is 1.91. The summed E-state index contributed by atoms with van der Waals surface area (Å²) in [6.07, 6.45) is 9.04. The molecule has 2 rings (SSSR count). The van der Waals surface area contributed by atoms with Gasteiger partial charge < -0.3 is 16.2 Å². The summed E-state index contributed by atoms with van der Waals surface area (Å²) in [7, 11) is 0. The van der Waals surface area contributed by atoms with Crippen LogP contribution in [-0.4, -0.2) is 29.7 Å². The van der Waals surface area contributed by atoms with Crippen molar-refractivity contribution in [1.29, 1.82) is 0 Å². The third kappa shape index (κ3) is 3.93. The van der Waals surface area contributed by atoms with Crippen LogP contribution in [0.1, 0.15) is 57.8 Å². The number of carbonyl (C=O) groups excluding carboxylic acids is 1. The third-order valence-corrected chi connectivity index (χ3v) is 4.86. The van der Waals surface area contributed by atoms with Crippen molar-refractivity contribution in [1.82, 2.24) is 5.32 Å². The highest BCUT2D eigenvalue weighted by Crippen LogP contribution is 2.30. The predicted molar refractivity (Wildman–Crippen MR) is 75.5 cm³/mol. The maximum atomic E-state index is 12.4. The number of nitrogens with one attached hydrogen (secondary N) is 1. The van der Waals surface area contributed by atoms with Crippen molar-refractivity contribution in [2.75, 3.05) is 6.54 Å². The fourth-order valence-corrected chi connectivity index (χ4v) is 3.58. The molecule has 4 heteroatoms. The van der Waals surface area contributed by atoms with E-state index in [-0.39, 0.29) is 24.0 Å². The van der Waals surface area contributed by atoms with E-state index in [1.165, 1.54) is 6.42 Å². The molecule has 2 aliphatic rings. The number of hydrogen-bond donors (Lipinski definition) is 3. The summed E-state index contributed by atoms with van der Waals surface area (Å²) in [5, 5.41) is 13.2. The van der Waals surface area contributed by atoms with Crippen LogP contribution in [0.15, 0.2) is 0 Å². The average Bonchev–Trinajstić information content (AvgIpc) is 2.64. The molecule has 0 spiro atoms. The zero-order chi connectivity index (χ0) is 13.7. The molecular weight excluding hydrogens is 240 g/mol. The average molecular weight is 268 g/mol. The van der Waals surface area contributed by atoms with Gasteiger partial charge in [-0.15, -0.1) is 0 Å². The summed E-state index contributed by atoms with van der Waals surface area (Å²) in [6.45, 7) is 0.602. The fourth-order valence-electron chi connectivity index (χ4n) is 3.58. The van der Waals surface area contributed by atoms with Crippen LogP contribution in [0.5, 0.6) is 0 Å². The van der Waals surface area contributed by atoms with Crippen LogP contribution in [0, 0.1) is 11.8 Å². The number of carbonyl (C=O) groups is 1. The van der Waals surface area contributed by atoms with Gasteiger partial charge in [-0.2, -0.15) is 0 Å². The minimum Gasteiger partial charge on any atom is -0.391 e. The molecule has 4 unspecified atom stereocenters. The van der Waals surface area contributed by atoms with E-state index in [2.05, 4.69) is 5.32 Å². The standard InChI is InChI=1S/C15H28N2O2/c16-10-11-6-4-5-7-12(11)15(19)17-13-8-2-1-3-9-14(13)18/h11-14,18H,1-10,16H2,(H,17,19). The number of aliphatic hydroxyl groups is 1. The van der Waals surface area contributed by atoms with Gasteiger partial charge >= 0.3 is 0 Å². The summed E-state index contributed by atoms with van der Waals surface area (Å²) in [5.74, 6) is 0.520. The Labute approximate surface area is 116 Å². The summed E-state index contributed by atoms with van der Waals surface area (Å²) in [4.78, 5) is 12.4. The summed E-state index contributed by atoms with van der Waals surface area (Å²) >= 11 is 0. The Kier molecular flexibility index (Phi) is 5.64. The number of nitrogens with two attached hydrogens (primary N) is 1. The molecule has 0 aromatic carbocycles. The molecule has 0 radical (unpaired) electrons. The van der Waals surface area contributed by atoms with Crippen molar-refractivity contribution >= 4 is 5.91 Å². The number of aliphatic hydroxyl groups excluding tert-OH is 1. The van der Waals surface area contributed by atoms with E-state index in [4.69, 9.17) is 5.73 Å². The van der Waals surface area contributed by atoms with Crippen molar-refractivity contribution < 1.29 is 9.90 Å². The summed E-state index contributed by atoms with van der Waals surface area (Å²) < 4.78 is 0. The van der Waals surface area contributed by atoms with Crippen molar-refractivity contribution in [3.8, 4) is 0 Å². The Morgan fingerprint density at radius 3 is 2.53 bits per heavy atom. The van der Waals surface area contributed by atoms with Crippen LogP contribution in [0.2, 0.25) is 0 Å². The van der Waals surface area contributed by atoms with Gasteiger partial charge in [0.25, 0.3) is 0 Å². The van der Waals surface area contributed by atoms with Gasteiger partial charge in [0.05, 0.1) is 12.1 Å². The Bertz CT molecular complexity index is 296. The largest absolute Gasteiger partial charge is 0.391 e. The molecule has 0 saturated heterocycles. The Morgan fingerprint density at radius 2 is 1.74 bits per heavy atom. The molecule has 110 valence electrons. The lowest BCUT2D eigenvalue weighted by Crippen LogP contribution is -2.48. The summed E-state index contributed by atoms with van der Waals surface area (Å²) in [6, 6.07) is -0.0460. The predicted octanol–water partition coefficient (Wildman–Crippen LogP) is 1.56. The van der Waals surface area contributed by atoms with E-state index in [9.17, 15) is 9.90 Å². The first kappa shape index (κ1) is 14.8. The third-order valence-electron chi connectivity index (χ3n) is 4.86. The SMILES string of the molecule is NCC1CCCCC1C(=O)NC1CCCCCC1O. The molecule has 1 amide bonds. The fraction of sp³-hybridized carbons (Fsp3) is 0.933. The number of hydrogen-bond acceptors (Lipinski definition) is 3. The van der Waals surface area contributed by atoms with E-state index in [0.29, 0.717) is 12.5 Å². The van der Waals surface area contributed by atoms with Gasteiger partial charge in [-0.1, -0.05) is 32.1 Å². The van der Waals surface area contributed by atoms with Crippen LogP contribution in [0.25, 0.3) is 0 Å². The second-order valence-electron chi connectivity index (χ2n) is 6.21. The first-order chi connectivity index (χ1) is 9.22. The van der Waals surface area contributed by atoms with Crippen molar-refractivity contribution in [3.63, 3.8) is 0 Å². The first-order valence-electron chi connectivity index (χ1n) is 7.91. The van der Waals surface area contributed by atoms with Gasteiger partial charge in [0, 0.05) is 5.92 Å². The van der Waals surface area contributed by atoms with E-state index in [1.54, 1.807) is 0 Å². The lowest BCUT2D eigenvalue weighted by molar-refractivity contribution is -0.129. The lowest BCUT2D eigenvalue weighted by Gasteiger charge is -2.32. The molecular formula is C15H28N2O2. The minimum absolute atomic E-state index is 0.0460. The van der Waals surface area contributed by atoms with E-state index < -0.39 is 0 Å². The summed E-state index contributed by atoms with van der Waals surface area (Å²) in [5.41, 5.74) is 5.79. The smallest absolute Gasteiger partial charge is 0.223 e. The van der Waals surface area contributed by atoms with Gasteiger partial charge in [-0.25, -0.2) is 0 Å². The lowest BCUT2D eigenvalue weighted by atomic mass is 9.78. The highest BCUT2D eigenvalue weighted by Gasteiger charge is 2.32. The maximum Gasteiger partial charge on any atom is 0.223 e. The van der Waals surface area contributed by atoms with Gasteiger partial charge in [-0.05, 0) is 38.1 Å². The van der Waals surface area contributed by atoms with Crippen LogP contribution >= 0.6 is 0 Å². The van der Waals surface area contributed by atoms with Crippen LogP contribution in [0.3, 0.4) is 0 Å². The molecule has 2 aliphatic carbocycles. The molecule has 0 aromatic heterocycles. The van der Waals surface area contributed by atoms with Gasteiger partial charge in [0.15, 0.2) is 0 Å². The second-order valence-corrected chi connectivity index (χ2v) is 6.21. The van der Waals surface area contributed by atoms with Gasteiger partial charge in [-0.3, -0.25) is 4.79 Å². The molecule has 0 bridgehead atoms. The van der Waals surface area contributed by atoms with Crippen molar-refractivity contribution in [2.45, 2.75) is 69.9 Å². The monoisotopic (exact) mass is 268 g/mol. The number of amides is 1. The van der Waals surface area contributed by atoms with Gasteiger partial charge in [0.2, 0.25) is 5.91 Å². The molecule has 4 atom stereocenters. The minimum atomic E-state index is -0.369. The Hall–Kier alpha value is -0.610. The topological polar surface area (TPSA) is 75.4 Å². The Morgan fingerprint density at radius 1 is 1.05 bits per heavy atom. The highest BCUT2D eigenvalue weighted by molar-refractivity contribution is 5.79. The van der Waals surface area contributed by atoms with Crippen molar-refractivity contribution in [2.24, 2.45) is 17.6 Å². The zero-order valence-corrected chi connectivity index (χ0v) is 11.8. The normalized spacial score (nSPS) is 36.5. The van der Waals surface area contributed by atoms with Crippen LogP contribution < -0.4 is 11.1 Å². The molecule has 4 N–H and O–H groups in total. The zero-order valence-electron chi connectivity index (χ0n) is 11.8. The molecule has 2 saturated carbocycles. The molecule has 0 aromatic rings. The molecule has 0 aliphatic heterocycles. The first-order valence-corrected chi connectivity index (χ1v) is 7.91. The van der Waals surface area contributed by atoms with Crippen LogP contribution in [0.4, 0.5) is 0 Å².